The second-order valence-corrected chi connectivity index (χ2v) is 5.47. The number of hydrogen-bond acceptors (Lipinski definition) is 4. The van der Waals surface area contributed by atoms with Crippen molar-refractivity contribution in [1.29, 1.82) is 0 Å². The lowest BCUT2D eigenvalue weighted by molar-refractivity contribution is 0.209. The Kier molecular flexibility index (Phi) is 6.27. The molecule has 0 spiro atoms. The van der Waals surface area contributed by atoms with Gasteiger partial charge in [-0.25, -0.2) is 0 Å². The SMILES string of the molecule is CC(CNCCc1ccncc1)CN1CCNCC1. The molecule has 2 N–H and O–H groups in total. The Labute approximate surface area is 116 Å². The van der Waals surface area contributed by atoms with Gasteiger partial charge in [-0.15, -0.1) is 0 Å². The summed E-state index contributed by atoms with van der Waals surface area (Å²) in [5.74, 6) is 0.718. The third-order valence-electron chi connectivity index (χ3n) is 3.61. The van der Waals surface area contributed by atoms with Crippen molar-refractivity contribution in [3.05, 3.63) is 30.1 Å². The van der Waals surface area contributed by atoms with E-state index < -0.39 is 0 Å². The molecular formula is C15H26N4. The molecule has 1 aliphatic rings. The lowest BCUT2D eigenvalue weighted by Crippen LogP contribution is -2.46. The zero-order valence-electron chi connectivity index (χ0n) is 11.9. The second-order valence-electron chi connectivity index (χ2n) is 5.47. The summed E-state index contributed by atoms with van der Waals surface area (Å²) in [6.07, 6.45) is 4.81. The molecule has 1 aromatic rings. The summed E-state index contributed by atoms with van der Waals surface area (Å²) >= 11 is 0. The van der Waals surface area contributed by atoms with Gasteiger partial charge in [0.2, 0.25) is 0 Å². The molecule has 1 fully saturated rings. The topological polar surface area (TPSA) is 40.2 Å². The fourth-order valence-corrected chi connectivity index (χ4v) is 2.53. The molecule has 4 heteroatoms. The highest BCUT2D eigenvalue weighted by Crippen LogP contribution is 2.01. The highest BCUT2D eigenvalue weighted by molar-refractivity contribution is 5.09. The minimum Gasteiger partial charge on any atom is -0.316 e. The monoisotopic (exact) mass is 262 g/mol. The number of rotatable bonds is 7. The molecule has 1 saturated heterocycles. The normalized spacial score (nSPS) is 18.4. The average Bonchev–Trinajstić information content (AvgIpc) is 2.46. The van der Waals surface area contributed by atoms with E-state index in [2.05, 4.69) is 39.6 Å². The fourth-order valence-electron chi connectivity index (χ4n) is 2.53. The van der Waals surface area contributed by atoms with Crippen molar-refractivity contribution in [2.45, 2.75) is 13.3 Å². The van der Waals surface area contributed by atoms with Gasteiger partial charge in [0.05, 0.1) is 0 Å². The van der Waals surface area contributed by atoms with Crippen molar-refractivity contribution in [1.82, 2.24) is 20.5 Å². The van der Waals surface area contributed by atoms with Crippen LogP contribution in [0.1, 0.15) is 12.5 Å². The van der Waals surface area contributed by atoms with E-state index in [0.717, 1.165) is 38.5 Å². The Bertz CT molecular complexity index is 335. The first-order chi connectivity index (χ1) is 9.34. The maximum Gasteiger partial charge on any atom is 0.0270 e. The first-order valence-corrected chi connectivity index (χ1v) is 7.37. The van der Waals surface area contributed by atoms with Crippen LogP contribution in [-0.2, 0) is 6.42 Å². The van der Waals surface area contributed by atoms with Gasteiger partial charge in [0.15, 0.2) is 0 Å². The summed E-state index contributed by atoms with van der Waals surface area (Å²) in [5, 5.41) is 6.96. The average molecular weight is 262 g/mol. The summed E-state index contributed by atoms with van der Waals surface area (Å²) in [6, 6.07) is 4.18. The molecule has 19 heavy (non-hydrogen) atoms. The highest BCUT2D eigenvalue weighted by atomic mass is 15.2. The van der Waals surface area contributed by atoms with E-state index in [1.807, 2.05) is 12.4 Å². The number of aromatic nitrogens is 1. The van der Waals surface area contributed by atoms with Crippen LogP contribution in [0.3, 0.4) is 0 Å². The predicted octanol–water partition coefficient (Wildman–Crippen LogP) is 0.755. The Morgan fingerprint density at radius 2 is 2.05 bits per heavy atom. The van der Waals surface area contributed by atoms with Crippen molar-refractivity contribution in [3.8, 4) is 0 Å². The van der Waals surface area contributed by atoms with Gasteiger partial charge in [0, 0.05) is 45.1 Å². The Morgan fingerprint density at radius 1 is 1.32 bits per heavy atom. The third-order valence-corrected chi connectivity index (χ3v) is 3.61. The van der Waals surface area contributed by atoms with Crippen LogP contribution in [0, 0.1) is 5.92 Å². The lowest BCUT2D eigenvalue weighted by Gasteiger charge is -2.29. The zero-order valence-corrected chi connectivity index (χ0v) is 11.9. The molecule has 0 aromatic carbocycles. The largest absolute Gasteiger partial charge is 0.316 e. The molecule has 0 aliphatic carbocycles. The van der Waals surface area contributed by atoms with Gasteiger partial charge in [0.1, 0.15) is 0 Å². The first kappa shape index (κ1) is 14.4. The van der Waals surface area contributed by atoms with Crippen LogP contribution in [0.4, 0.5) is 0 Å². The number of piperazine rings is 1. The van der Waals surface area contributed by atoms with Crippen LogP contribution in [0.15, 0.2) is 24.5 Å². The van der Waals surface area contributed by atoms with E-state index >= 15 is 0 Å². The minimum absolute atomic E-state index is 0.718. The van der Waals surface area contributed by atoms with Crippen LogP contribution >= 0.6 is 0 Å². The van der Waals surface area contributed by atoms with Crippen LogP contribution in [0.2, 0.25) is 0 Å². The second kappa shape index (κ2) is 8.25. The van der Waals surface area contributed by atoms with E-state index in [-0.39, 0.29) is 0 Å². The van der Waals surface area contributed by atoms with Crippen LogP contribution in [0.5, 0.6) is 0 Å². The van der Waals surface area contributed by atoms with Gasteiger partial charge in [-0.05, 0) is 43.1 Å². The van der Waals surface area contributed by atoms with Crippen molar-refractivity contribution in [2.24, 2.45) is 5.92 Å². The fraction of sp³-hybridized carbons (Fsp3) is 0.667. The van der Waals surface area contributed by atoms with Crippen LogP contribution in [-0.4, -0.2) is 55.7 Å². The molecule has 0 radical (unpaired) electrons. The Balaban J connectivity index is 1.55. The summed E-state index contributed by atoms with van der Waals surface area (Å²) in [7, 11) is 0. The van der Waals surface area contributed by atoms with E-state index in [0.29, 0.717) is 0 Å². The number of hydrogen-bond donors (Lipinski definition) is 2. The lowest BCUT2D eigenvalue weighted by atomic mass is 10.1. The molecule has 0 saturated carbocycles. The van der Waals surface area contributed by atoms with Crippen molar-refractivity contribution in [3.63, 3.8) is 0 Å². The van der Waals surface area contributed by atoms with Crippen molar-refractivity contribution >= 4 is 0 Å². The first-order valence-electron chi connectivity index (χ1n) is 7.37. The number of nitrogens with one attached hydrogen (secondary N) is 2. The van der Waals surface area contributed by atoms with E-state index in [1.165, 1.54) is 25.2 Å². The third kappa shape index (κ3) is 5.68. The predicted molar refractivity (Wildman–Crippen MR) is 79.3 cm³/mol. The van der Waals surface area contributed by atoms with Gasteiger partial charge in [-0.1, -0.05) is 6.92 Å². The molecule has 1 aromatic heterocycles. The summed E-state index contributed by atoms with van der Waals surface area (Å²) in [6.45, 7) is 10.4. The van der Waals surface area contributed by atoms with Gasteiger partial charge in [-0.3, -0.25) is 4.98 Å². The minimum atomic E-state index is 0.718. The molecule has 1 aliphatic heterocycles. The standard InChI is InChI=1S/C15H26N4/c1-14(13-19-10-8-17-9-11-19)12-18-7-4-15-2-5-16-6-3-15/h2-3,5-6,14,17-18H,4,7-13H2,1H3. The van der Waals surface area contributed by atoms with E-state index in [4.69, 9.17) is 0 Å². The van der Waals surface area contributed by atoms with Gasteiger partial charge >= 0.3 is 0 Å². The molecule has 0 bridgehead atoms. The number of nitrogens with zero attached hydrogens (tertiary/aromatic N) is 2. The summed E-state index contributed by atoms with van der Waals surface area (Å²) in [4.78, 5) is 6.60. The molecule has 1 unspecified atom stereocenters. The molecule has 106 valence electrons. The molecule has 2 heterocycles. The van der Waals surface area contributed by atoms with E-state index in [9.17, 15) is 0 Å². The molecule has 0 amide bonds. The van der Waals surface area contributed by atoms with Gasteiger partial charge in [0.25, 0.3) is 0 Å². The zero-order chi connectivity index (χ0) is 13.3. The van der Waals surface area contributed by atoms with Gasteiger partial charge < -0.3 is 15.5 Å². The molecule has 4 nitrogen and oxygen atoms in total. The van der Waals surface area contributed by atoms with Crippen LogP contribution < -0.4 is 10.6 Å². The quantitative estimate of drug-likeness (QED) is 0.712. The van der Waals surface area contributed by atoms with Crippen LogP contribution in [0.25, 0.3) is 0 Å². The maximum absolute atomic E-state index is 4.04. The maximum atomic E-state index is 4.04. The smallest absolute Gasteiger partial charge is 0.0270 e. The highest BCUT2D eigenvalue weighted by Gasteiger charge is 2.12. The Morgan fingerprint density at radius 3 is 2.79 bits per heavy atom. The Hall–Kier alpha value is -0.970. The van der Waals surface area contributed by atoms with Gasteiger partial charge in [-0.2, -0.15) is 0 Å². The summed E-state index contributed by atoms with van der Waals surface area (Å²) < 4.78 is 0. The van der Waals surface area contributed by atoms with Crippen molar-refractivity contribution in [2.75, 3.05) is 45.8 Å². The number of pyridine rings is 1. The molecule has 2 rings (SSSR count). The van der Waals surface area contributed by atoms with E-state index in [1.54, 1.807) is 0 Å². The molecule has 1 atom stereocenters. The van der Waals surface area contributed by atoms with Crippen molar-refractivity contribution < 1.29 is 0 Å². The molecular weight excluding hydrogens is 236 g/mol. The summed E-state index contributed by atoms with van der Waals surface area (Å²) in [5.41, 5.74) is 1.36.